The van der Waals surface area contributed by atoms with Gasteiger partial charge in [0.15, 0.2) is 5.96 Å². The summed E-state index contributed by atoms with van der Waals surface area (Å²) in [5.41, 5.74) is 0. The van der Waals surface area contributed by atoms with E-state index in [1.54, 1.807) is 6.33 Å². The number of nitrogens with zero attached hydrogens (tertiary/aromatic N) is 5. The zero-order valence-corrected chi connectivity index (χ0v) is 16.2. The molecule has 0 aromatic carbocycles. The predicted molar refractivity (Wildman–Crippen MR) is 100 cm³/mol. The lowest BCUT2D eigenvalue weighted by atomic mass is 9.93. The highest BCUT2D eigenvalue weighted by Gasteiger charge is 2.20. The van der Waals surface area contributed by atoms with Crippen LogP contribution in [0.25, 0.3) is 0 Å². The number of hydrogen-bond donors (Lipinski definition) is 2. The van der Waals surface area contributed by atoms with E-state index in [9.17, 15) is 0 Å². The number of hydrogen-bond acceptors (Lipinski definition) is 4. The summed E-state index contributed by atoms with van der Waals surface area (Å²) in [7, 11) is 6.12. The Labute approximate surface area is 146 Å². The molecule has 1 rings (SSSR count). The number of guanidine groups is 1. The lowest BCUT2D eigenvalue weighted by Gasteiger charge is -2.32. The predicted octanol–water partition coefficient (Wildman–Crippen LogP) is 1.37. The van der Waals surface area contributed by atoms with Crippen molar-refractivity contribution in [2.45, 2.75) is 52.6 Å². The molecule has 1 unspecified atom stereocenters. The Kier molecular flexibility index (Phi) is 9.37. The molecule has 1 atom stereocenters. The van der Waals surface area contributed by atoms with Crippen molar-refractivity contribution >= 4 is 5.96 Å². The molecule has 24 heavy (non-hydrogen) atoms. The van der Waals surface area contributed by atoms with Crippen LogP contribution in [0.5, 0.6) is 0 Å². The summed E-state index contributed by atoms with van der Waals surface area (Å²) in [5, 5.41) is 14.9. The monoisotopic (exact) mass is 337 g/mol. The number of likely N-dealkylation sites (N-methyl/N-ethyl adjacent to an activating group) is 1. The first kappa shape index (κ1) is 20.4. The highest BCUT2D eigenvalue weighted by Crippen LogP contribution is 2.16. The van der Waals surface area contributed by atoms with Crippen LogP contribution in [0.3, 0.4) is 0 Å². The highest BCUT2D eigenvalue weighted by atomic mass is 15.3. The van der Waals surface area contributed by atoms with Gasteiger partial charge in [0.25, 0.3) is 0 Å². The SMILES string of the molecule is CCc1nncn1CCNC(=NC)NCC(C(CC)CC)N(C)C. The van der Waals surface area contributed by atoms with Gasteiger partial charge in [0, 0.05) is 39.1 Å². The molecule has 0 fully saturated rings. The fraction of sp³-hybridized carbons (Fsp3) is 0.824. The van der Waals surface area contributed by atoms with Crippen LogP contribution in [0.15, 0.2) is 11.3 Å². The molecule has 2 N–H and O–H groups in total. The molecular formula is C17H35N7. The van der Waals surface area contributed by atoms with Crippen LogP contribution in [0.1, 0.15) is 39.4 Å². The van der Waals surface area contributed by atoms with Crippen LogP contribution in [0.2, 0.25) is 0 Å². The molecule has 1 aromatic rings. The minimum atomic E-state index is 0.503. The molecule has 0 bridgehead atoms. The molecule has 0 radical (unpaired) electrons. The van der Waals surface area contributed by atoms with Crippen molar-refractivity contribution in [3.05, 3.63) is 12.2 Å². The van der Waals surface area contributed by atoms with E-state index >= 15 is 0 Å². The summed E-state index contributed by atoms with van der Waals surface area (Å²) in [6, 6.07) is 0.503. The first-order valence-corrected chi connectivity index (χ1v) is 9.04. The minimum Gasteiger partial charge on any atom is -0.355 e. The fourth-order valence-electron chi connectivity index (χ4n) is 3.06. The second kappa shape index (κ2) is 11.0. The van der Waals surface area contributed by atoms with Crippen molar-refractivity contribution in [1.29, 1.82) is 0 Å². The molecule has 1 heterocycles. The zero-order valence-electron chi connectivity index (χ0n) is 16.2. The normalized spacial score (nSPS) is 13.6. The number of aryl methyl sites for hydroxylation is 1. The van der Waals surface area contributed by atoms with Crippen molar-refractivity contribution < 1.29 is 0 Å². The maximum absolute atomic E-state index is 4.33. The van der Waals surface area contributed by atoms with Gasteiger partial charge in [-0.25, -0.2) is 0 Å². The smallest absolute Gasteiger partial charge is 0.191 e. The van der Waals surface area contributed by atoms with Gasteiger partial charge in [-0.3, -0.25) is 4.99 Å². The van der Waals surface area contributed by atoms with E-state index in [-0.39, 0.29) is 0 Å². The first-order chi connectivity index (χ1) is 11.6. The summed E-state index contributed by atoms with van der Waals surface area (Å²) in [5.74, 6) is 2.55. The third-order valence-electron chi connectivity index (χ3n) is 4.62. The quantitative estimate of drug-likeness (QED) is 0.498. The summed E-state index contributed by atoms with van der Waals surface area (Å²) < 4.78 is 2.08. The van der Waals surface area contributed by atoms with Crippen LogP contribution in [-0.4, -0.2) is 65.9 Å². The second-order valence-electron chi connectivity index (χ2n) is 6.28. The number of nitrogens with one attached hydrogen (secondary N) is 2. The van der Waals surface area contributed by atoms with Gasteiger partial charge in [-0.05, 0) is 20.0 Å². The summed E-state index contributed by atoms with van der Waals surface area (Å²) in [6.07, 6.45) is 5.07. The molecule has 7 nitrogen and oxygen atoms in total. The molecule has 0 aliphatic carbocycles. The topological polar surface area (TPSA) is 70.4 Å². The van der Waals surface area contributed by atoms with Crippen molar-refractivity contribution in [2.24, 2.45) is 10.9 Å². The molecule has 0 saturated heterocycles. The Morgan fingerprint density at radius 2 is 1.96 bits per heavy atom. The van der Waals surface area contributed by atoms with Crippen LogP contribution in [0, 0.1) is 5.92 Å². The van der Waals surface area contributed by atoms with Gasteiger partial charge in [-0.2, -0.15) is 0 Å². The number of rotatable bonds is 10. The Balaban J connectivity index is 2.46. The second-order valence-corrected chi connectivity index (χ2v) is 6.28. The highest BCUT2D eigenvalue weighted by molar-refractivity contribution is 5.79. The third kappa shape index (κ3) is 6.11. The van der Waals surface area contributed by atoms with Crippen LogP contribution in [0.4, 0.5) is 0 Å². The van der Waals surface area contributed by atoms with E-state index in [4.69, 9.17) is 0 Å². The molecule has 7 heteroatoms. The maximum Gasteiger partial charge on any atom is 0.191 e. The van der Waals surface area contributed by atoms with Crippen molar-refractivity contribution in [3.8, 4) is 0 Å². The Bertz CT molecular complexity index is 477. The first-order valence-electron chi connectivity index (χ1n) is 9.04. The van der Waals surface area contributed by atoms with Crippen molar-refractivity contribution in [3.63, 3.8) is 0 Å². The average Bonchev–Trinajstić information content (AvgIpc) is 3.03. The van der Waals surface area contributed by atoms with Crippen molar-refractivity contribution in [1.82, 2.24) is 30.3 Å². The van der Waals surface area contributed by atoms with Crippen LogP contribution >= 0.6 is 0 Å². The number of aromatic nitrogens is 3. The van der Waals surface area contributed by atoms with Gasteiger partial charge in [-0.1, -0.05) is 33.6 Å². The maximum atomic E-state index is 4.33. The van der Waals surface area contributed by atoms with Gasteiger partial charge in [-0.15, -0.1) is 10.2 Å². The number of aliphatic imine (C=N–C) groups is 1. The Morgan fingerprint density at radius 1 is 1.25 bits per heavy atom. The molecule has 0 aliphatic heterocycles. The minimum absolute atomic E-state index is 0.503. The standard InChI is InChI=1S/C17H35N7/c1-7-14(8-2)15(23(5)6)12-20-17(18-4)19-10-11-24-13-21-22-16(24)9-3/h13-15H,7-12H2,1-6H3,(H2,18,19,20). The Hall–Kier alpha value is -1.63. The third-order valence-corrected chi connectivity index (χ3v) is 4.62. The molecule has 138 valence electrons. The van der Waals surface area contributed by atoms with Crippen LogP contribution in [-0.2, 0) is 13.0 Å². The lowest BCUT2D eigenvalue weighted by Crippen LogP contribution is -2.48. The molecule has 0 amide bonds. The van der Waals surface area contributed by atoms with E-state index in [2.05, 4.69) is 70.2 Å². The molecule has 0 spiro atoms. The summed E-state index contributed by atoms with van der Waals surface area (Å²) in [6.45, 7) is 9.15. The van der Waals surface area contributed by atoms with E-state index < -0.39 is 0 Å². The lowest BCUT2D eigenvalue weighted by molar-refractivity contribution is 0.200. The summed E-state index contributed by atoms with van der Waals surface area (Å²) >= 11 is 0. The van der Waals surface area contributed by atoms with Gasteiger partial charge < -0.3 is 20.1 Å². The molecular weight excluding hydrogens is 302 g/mol. The molecule has 0 aliphatic rings. The van der Waals surface area contributed by atoms with Gasteiger partial charge >= 0.3 is 0 Å². The Morgan fingerprint density at radius 3 is 2.50 bits per heavy atom. The van der Waals surface area contributed by atoms with Gasteiger partial charge in [0.1, 0.15) is 12.2 Å². The largest absolute Gasteiger partial charge is 0.355 e. The van der Waals surface area contributed by atoms with E-state index in [1.165, 1.54) is 12.8 Å². The van der Waals surface area contributed by atoms with E-state index in [0.29, 0.717) is 12.0 Å². The summed E-state index contributed by atoms with van der Waals surface area (Å²) in [4.78, 5) is 6.64. The van der Waals surface area contributed by atoms with Gasteiger partial charge in [0.2, 0.25) is 0 Å². The molecule has 0 saturated carbocycles. The molecule has 1 aromatic heterocycles. The van der Waals surface area contributed by atoms with Gasteiger partial charge in [0.05, 0.1) is 0 Å². The zero-order chi connectivity index (χ0) is 17.9. The van der Waals surface area contributed by atoms with Crippen molar-refractivity contribution in [2.75, 3.05) is 34.2 Å². The van der Waals surface area contributed by atoms with Crippen LogP contribution < -0.4 is 10.6 Å². The fourth-order valence-corrected chi connectivity index (χ4v) is 3.06. The van der Waals surface area contributed by atoms with E-state index in [1.807, 2.05) is 7.05 Å². The average molecular weight is 338 g/mol. The van der Waals surface area contributed by atoms with E-state index in [0.717, 1.165) is 37.8 Å².